The Labute approximate surface area is 143 Å². The van der Waals surface area contributed by atoms with Crippen LogP contribution < -0.4 is 4.72 Å². The van der Waals surface area contributed by atoms with Crippen molar-refractivity contribution in [1.29, 1.82) is 0 Å². The minimum absolute atomic E-state index is 0.111. The molecule has 1 N–H and O–H groups in total. The van der Waals surface area contributed by atoms with E-state index in [2.05, 4.69) is 0 Å². The lowest BCUT2D eigenvalue weighted by Gasteiger charge is -2.15. The third kappa shape index (κ3) is 4.31. The van der Waals surface area contributed by atoms with Crippen molar-refractivity contribution in [3.05, 3.63) is 53.6 Å². The van der Waals surface area contributed by atoms with E-state index in [0.717, 1.165) is 24.5 Å². The van der Waals surface area contributed by atoms with Gasteiger partial charge in [0.15, 0.2) is 9.84 Å². The average molecular weight is 393 g/mol. The van der Waals surface area contributed by atoms with Gasteiger partial charge in [-0.2, -0.15) is 13.2 Å². The molecule has 0 saturated heterocycles. The van der Waals surface area contributed by atoms with Gasteiger partial charge < -0.3 is 0 Å². The number of sulfone groups is 1. The first-order valence-corrected chi connectivity index (χ1v) is 10.2. The molecule has 136 valence electrons. The van der Waals surface area contributed by atoms with Gasteiger partial charge in [-0.1, -0.05) is 18.2 Å². The van der Waals surface area contributed by atoms with Gasteiger partial charge >= 0.3 is 6.18 Å². The normalized spacial score (nSPS) is 12.8. The number of sulfonamides is 1. The van der Waals surface area contributed by atoms with Crippen LogP contribution in [0.25, 0.3) is 0 Å². The molecule has 2 rings (SSSR count). The first-order valence-electron chi connectivity index (χ1n) is 6.82. The van der Waals surface area contributed by atoms with E-state index in [4.69, 9.17) is 0 Å². The van der Waals surface area contributed by atoms with Gasteiger partial charge in [-0.15, -0.1) is 0 Å². The fraction of sp³-hybridized carbons (Fsp3) is 0.200. The number of halogens is 3. The second-order valence-electron chi connectivity index (χ2n) is 5.35. The second-order valence-corrected chi connectivity index (χ2v) is 9.01. The van der Waals surface area contributed by atoms with E-state index in [0.29, 0.717) is 11.6 Å². The fourth-order valence-corrected chi connectivity index (χ4v) is 4.07. The molecule has 25 heavy (non-hydrogen) atoms. The summed E-state index contributed by atoms with van der Waals surface area (Å²) in [5.41, 5.74) is -1.06. The molecule has 0 fully saturated rings. The highest BCUT2D eigenvalue weighted by atomic mass is 32.2. The Morgan fingerprint density at radius 1 is 0.960 bits per heavy atom. The molecule has 5 nitrogen and oxygen atoms in total. The summed E-state index contributed by atoms with van der Waals surface area (Å²) in [4.78, 5) is -1.09. The molecular formula is C15H14F3NO4S2. The summed E-state index contributed by atoms with van der Waals surface area (Å²) in [5.74, 6) is 0. The van der Waals surface area contributed by atoms with Crippen molar-refractivity contribution < 1.29 is 30.0 Å². The Balaban J connectivity index is 2.55. The van der Waals surface area contributed by atoms with Crippen molar-refractivity contribution in [3.63, 3.8) is 0 Å². The quantitative estimate of drug-likeness (QED) is 0.865. The molecule has 0 atom stereocenters. The highest BCUT2D eigenvalue weighted by Crippen LogP contribution is 2.35. The molecule has 0 spiro atoms. The predicted molar refractivity (Wildman–Crippen MR) is 86.5 cm³/mol. The zero-order chi connectivity index (χ0) is 19.0. The molecule has 0 bridgehead atoms. The molecule has 0 aliphatic carbocycles. The molecular weight excluding hydrogens is 379 g/mol. The topological polar surface area (TPSA) is 80.3 Å². The molecule has 2 aromatic carbocycles. The summed E-state index contributed by atoms with van der Waals surface area (Å²) < 4.78 is 89.2. The average Bonchev–Trinajstić information content (AvgIpc) is 2.47. The minimum Gasteiger partial charge on any atom is -0.279 e. The Morgan fingerprint density at radius 2 is 1.56 bits per heavy atom. The minimum atomic E-state index is -4.85. The molecule has 0 amide bonds. The number of anilines is 1. The van der Waals surface area contributed by atoms with Crippen LogP contribution in [-0.2, 0) is 26.0 Å². The van der Waals surface area contributed by atoms with Gasteiger partial charge in [0.2, 0.25) is 0 Å². The molecule has 0 radical (unpaired) electrons. The van der Waals surface area contributed by atoms with Gasteiger partial charge in [0.05, 0.1) is 21.0 Å². The Morgan fingerprint density at radius 3 is 2.12 bits per heavy atom. The lowest BCUT2D eigenvalue weighted by molar-refractivity contribution is -0.139. The van der Waals surface area contributed by atoms with Gasteiger partial charge in [-0.05, 0) is 36.8 Å². The summed E-state index contributed by atoms with van der Waals surface area (Å²) in [6, 6.07) is 7.46. The summed E-state index contributed by atoms with van der Waals surface area (Å²) in [6.45, 7) is 1.50. The van der Waals surface area contributed by atoms with E-state index < -0.39 is 36.5 Å². The van der Waals surface area contributed by atoms with E-state index in [1.54, 1.807) is 0 Å². The lowest BCUT2D eigenvalue weighted by atomic mass is 10.2. The summed E-state index contributed by atoms with van der Waals surface area (Å²) >= 11 is 0. The number of aryl methyl sites for hydroxylation is 1. The van der Waals surface area contributed by atoms with Crippen molar-refractivity contribution in [2.75, 3.05) is 11.0 Å². The Bertz CT molecular complexity index is 1010. The Hall–Kier alpha value is -2.07. The number of hydrogen-bond acceptors (Lipinski definition) is 4. The van der Waals surface area contributed by atoms with Gasteiger partial charge in [0, 0.05) is 6.26 Å². The smallest absolute Gasteiger partial charge is 0.279 e. The maximum atomic E-state index is 13.0. The van der Waals surface area contributed by atoms with Crippen molar-refractivity contribution in [1.82, 2.24) is 0 Å². The highest BCUT2D eigenvalue weighted by Gasteiger charge is 2.37. The molecule has 0 saturated carbocycles. The van der Waals surface area contributed by atoms with E-state index in [9.17, 15) is 30.0 Å². The van der Waals surface area contributed by atoms with Crippen molar-refractivity contribution in [2.45, 2.75) is 22.9 Å². The van der Waals surface area contributed by atoms with Gasteiger partial charge in [0.25, 0.3) is 10.0 Å². The molecule has 10 heteroatoms. The third-order valence-electron chi connectivity index (χ3n) is 3.36. The van der Waals surface area contributed by atoms with Crippen molar-refractivity contribution >= 4 is 25.5 Å². The lowest BCUT2D eigenvalue weighted by Crippen LogP contribution is -2.19. The van der Waals surface area contributed by atoms with Crippen LogP contribution in [0.5, 0.6) is 0 Å². The maximum absolute atomic E-state index is 13.0. The van der Waals surface area contributed by atoms with Gasteiger partial charge in [-0.3, -0.25) is 4.72 Å². The highest BCUT2D eigenvalue weighted by molar-refractivity contribution is 7.92. The van der Waals surface area contributed by atoms with Gasteiger partial charge in [0.1, 0.15) is 0 Å². The van der Waals surface area contributed by atoms with Crippen molar-refractivity contribution in [3.8, 4) is 0 Å². The number of benzene rings is 2. The largest absolute Gasteiger partial charge is 0.417 e. The second kappa shape index (κ2) is 6.34. The Kier molecular flexibility index (Phi) is 4.88. The molecule has 0 unspecified atom stereocenters. The number of hydrogen-bond donors (Lipinski definition) is 1. The number of alkyl halides is 3. The molecule has 0 aliphatic heterocycles. The van der Waals surface area contributed by atoms with Crippen LogP contribution in [0.1, 0.15) is 11.1 Å². The number of nitrogens with one attached hydrogen (secondary N) is 1. The van der Waals surface area contributed by atoms with Crippen molar-refractivity contribution in [2.24, 2.45) is 0 Å². The van der Waals surface area contributed by atoms with E-state index in [-0.39, 0.29) is 10.6 Å². The zero-order valence-electron chi connectivity index (χ0n) is 13.1. The first-order chi connectivity index (χ1) is 11.3. The first kappa shape index (κ1) is 19.3. The van der Waals surface area contributed by atoms with Crippen LogP contribution in [0.3, 0.4) is 0 Å². The summed E-state index contributed by atoms with van der Waals surface area (Å²) in [6.07, 6.45) is -3.91. The predicted octanol–water partition coefficient (Wildman–Crippen LogP) is 3.22. The van der Waals surface area contributed by atoms with Crippen LogP contribution >= 0.6 is 0 Å². The van der Waals surface area contributed by atoms with Crippen LogP contribution in [-0.4, -0.2) is 23.1 Å². The van der Waals surface area contributed by atoms with E-state index >= 15 is 0 Å². The van der Waals surface area contributed by atoms with Gasteiger partial charge in [-0.25, -0.2) is 16.8 Å². The monoisotopic (exact) mass is 393 g/mol. The van der Waals surface area contributed by atoms with Crippen LogP contribution in [0.15, 0.2) is 52.3 Å². The van der Waals surface area contributed by atoms with Crippen LogP contribution in [0.2, 0.25) is 0 Å². The standard InChI is InChI=1S/C15H14F3NO4S2/c1-10-7-8-11(24(2,20)21)9-13(10)19-25(22,23)14-6-4-3-5-12(14)15(16,17)18/h3-9,19H,1-2H3. The zero-order valence-corrected chi connectivity index (χ0v) is 14.8. The molecule has 0 aromatic heterocycles. The maximum Gasteiger partial charge on any atom is 0.417 e. The summed E-state index contributed by atoms with van der Waals surface area (Å²) in [7, 11) is -8.19. The fourth-order valence-electron chi connectivity index (χ4n) is 2.08. The molecule has 0 aliphatic rings. The van der Waals surface area contributed by atoms with Crippen LogP contribution in [0, 0.1) is 6.92 Å². The molecule has 0 heterocycles. The van der Waals surface area contributed by atoms with Crippen LogP contribution in [0.4, 0.5) is 18.9 Å². The summed E-state index contributed by atoms with van der Waals surface area (Å²) in [5, 5.41) is 0. The van der Waals surface area contributed by atoms with E-state index in [1.807, 2.05) is 4.72 Å². The molecule has 2 aromatic rings. The SMILES string of the molecule is Cc1ccc(S(C)(=O)=O)cc1NS(=O)(=O)c1ccccc1C(F)(F)F. The third-order valence-corrected chi connectivity index (χ3v) is 5.90. The number of rotatable bonds is 4. The van der Waals surface area contributed by atoms with E-state index in [1.165, 1.54) is 25.1 Å².